The molecule has 1 unspecified atom stereocenters. The van der Waals surface area contributed by atoms with E-state index in [2.05, 4.69) is 20.6 Å². The summed E-state index contributed by atoms with van der Waals surface area (Å²) >= 11 is 0. The Labute approximate surface area is 95.0 Å². The lowest BCUT2D eigenvalue weighted by Crippen LogP contribution is -2.37. The molecule has 2 rings (SSSR count). The highest BCUT2D eigenvalue weighted by molar-refractivity contribution is 5.77. The van der Waals surface area contributed by atoms with Crippen LogP contribution in [0.15, 0.2) is 6.33 Å². The minimum Gasteiger partial charge on any atom is -0.354 e. The van der Waals surface area contributed by atoms with Crippen molar-refractivity contribution in [3.8, 4) is 0 Å². The van der Waals surface area contributed by atoms with Crippen LogP contribution < -0.4 is 10.6 Å². The van der Waals surface area contributed by atoms with Crippen LogP contribution in [0.25, 0.3) is 0 Å². The quantitative estimate of drug-likeness (QED) is 0.698. The van der Waals surface area contributed by atoms with Gasteiger partial charge in [0, 0.05) is 31.1 Å². The van der Waals surface area contributed by atoms with E-state index in [4.69, 9.17) is 0 Å². The van der Waals surface area contributed by atoms with Crippen molar-refractivity contribution in [3.05, 3.63) is 17.7 Å². The van der Waals surface area contributed by atoms with Crippen LogP contribution >= 0.6 is 0 Å². The van der Waals surface area contributed by atoms with Gasteiger partial charge in [-0.25, -0.2) is 4.98 Å². The van der Waals surface area contributed by atoms with Crippen molar-refractivity contribution in [1.29, 1.82) is 0 Å². The molecule has 0 saturated carbocycles. The van der Waals surface area contributed by atoms with Gasteiger partial charge < -0.3 is 15.6 Å². The minimum absolute atomic E-state index is 0.0498. The molecule has 0 fully saturated rings. The first-order chi connectivity index (χ1) is 7.66. The zero-order valence-electron chi connectivity index (χ0n) is 9.71. The summed E-state index contributed by atoms with van der Waals surface area (Å²) in [5, 5.41) is 6.22. The second kappa shape index (κ2) is 4.65. The van der Waals surface area contributed by atoms with Crippen LogP contribution in [-0.2, 0) is 11.2 Å². The number of hydrogen-bond donors (Lipinski definition) is 3. The Kier molecular flexibility index (Phi) is 3.24. The van der Waals surface area contributed by atoms with Crippen molar-refractivity contribution in [2.24, 2.45) is 0 Å². The number of aromatic nitrogens is 2. The highest BCUT2D eigenvalue weighted by Gasteiger charge is 2.24. The summed E-state index contributed by atoms with van der Waals surface area (Å²) in [4.78, 5) is 19.1. The number of amides is 1. The fraction of sp³-hybridized carbons (Fsp3) is 0.636. The summed E-state index contributed by atoms with van der Waals surface area (Å²) in [5.41, 5.74) is 2.14. The Morgan fingerprint density at radius 3 is 3.25 bits per heavy atom. The van der Waals surface area contributed by atoms with E-state index in [1.807, 2.05) is 13.8 Å². The Morgan fingerprint density at radius 2 is 2.50 bits per heavy atom. The van der Waals surface area contributed by atoms with E-state index in [1.165, 1.54) is 0 Å². The van der Waals surface area contributed by atoms with E-state index >= 15 is 0 Å². The number of carbonyl (C=O) groups is 1. The summed E-state index contributed by atoms with van der Waals surface area (Å²) in [6.45, 7) is 4.83. The van der Waals surface area contributed by atoms with Gasteiger partial charge in [-0.05, 0) is 13.8 Å². The lowest BCUT2D eigenvalue weighted by molar-refractivity contribution is -0.122. The molecule has 2 heterocycles. The largest absolute Gasteiger partial charge is 0.354 e. The van der Waals surface area contributed by atoms with Crippen LogP contribution in [0.2, 0.25) is 0 Å². The van der Waals surface area contributed by atoms with Crippen LogP contribution in [0.1, 0.15) is 37.7 Å². The maximum absolute atomic E-state index is 11.7. The molecule has 5 nitrogen and oxygen atoms in total. The SMILES string of the molecule is CC(C)NC(=O)CC1NCCc2[nH]cnc21. The van der Waals surface area contributed by atoms with Crippen LogP contribution in [0.3, 0.4) is 0 Å². The van der Waals surface area contributed by atoms with Crippen LogP contribution in [-0.4, -0.2) is 28.5 Å². The van der Waals surface area contributed by atoms with Gasteiger partial charge in [-0.1, -0.05) is 0 Å². The molecule has 0 radical (unpaired) electrons. The Hall–Kier alpha value is -1.36. The molecular formula is C11H18N4O. The van der Waals surface area contributed by atoms with Gasteiger partial charge in [0.15, 0.2) is 0 Å². The van der Waals surface area contributed by atoms with Crippen LogP contribution in [0, 0.1) is 0 Å². The van der Waals surface area contributed by atoms with Crippen molar-refractivity contribution in [3.63, 3.8) is 0 Å². The van der Waals surface area contributed by atoms with E-state index in [1.54, 1.807) is 6.33 Å². The third-order valence-electron chi connectivity index (χ3n) is 2.69. The summed E-state index contributed by atoms with van der Waals surface area (Å²) in [6, 6.07) is 0.239. The van der Waals surface area contributed by atoms with Gasteiger partial charge in [-0.3, -0.25) is 4.79 Å². The summed E-state index contributed by atoms with van der Waals surface area (Å²) in [6.07, 6.45) is 3.11. The first kappa shape index (κ1) is 11.1. The van der Waals surface area contributed by atoms with E-state index < -0.39 is 0 Å². The first-order valence-electron chi connectivity index (χ1n) is 5.71. The average Bonchev–Trinajstić information content (AvgIpc) is 2.65. The molecule has 3 N–H and O–H groups in total. The normalized spacial score (nSPS) is 19.6. The Balaban J connectivity index is 2.00. The van der Waals surface area contributed by atoms with Crippen molar-refractivity contribution >= 4 is 5.91 Å². The lowest BCUT2D eigenvalue weighted by Gasteiger charge is -2.22. The zero-order chi connectivity index (χ0) is 11.5. The molecule has 1 amide bonds. The molecule has 1 aromatic rings. The molecular weight excluding hydrogens is 204 g/mol. The monoisotopic (exact) mass is 222 g/mol. The Bertz CT molecular complexity index is 372. The predicted molar refractivity (Wildman–Crippen MR) is 60.9 cm³/mol. The number of imidazole rings is 1. The van der Waals surface area contributed by atoms with Crippen molar-refractivity contribution in [1.82, 2.24) is 20.6 Å². The number of fused-ring (bicyclic) bond motifs is 1. The van der Waals surface area contributed by atoms with Gasteiger partial charge in [0.05, 0.1) is 18.1 Å². The molecule has 0 saturated heterocycles. The van der Waals surface area contributed by atoms with E-state index in [0.717, 1.165) is 24.4 Å². The number of nitrogens with zero attached hydrogens (tertiary/aromatic N) is 1. The number of aromatic amines is 1. The van der Waals surface area contributed by atoms with Crippen molar-refractivity contribution < 1.29 is 4.79 Å². The number of hydrogen-bond acceptors (Lipinski definition) is 3. The maximum atomic E-state index is 11.7. The molecule has 0 bridgehead atoms. The third-order valence-corrected chi connectivity index (χ3v) is 2.69. The second-order valence-electron chi connectivity index (χ2n) is 4.45. The molecule has 0 spiro atoms. The number of rotatable bonds is 3. The fourth-order valence-corrected chi connectivity index (χ4v) is 2.04. The molecule has 0 aliphatic carbocycles. The van der Waals surface area contributed by atoms with Crippen LogP contribution in [0.5, 0.6) is 0 Å². The van der Waals surface area contributed by atoms with Gasteiger partial charge in [0.25, 0.3) is 0 Å². The highest BCUT2D eigenvalue weighted by atomic mass is 16.1. The number of H-pyrrole nitrogens is 1. The highest BCUT2D eigenvalue weighted by Crippen LogP contribution is 2.21. The molecule has 1 aliphatic rings. The van der Waals surface area contributed by atoms with E-state index in [-0.39, 0.29) is 18.0 Å². The van der Waals surface area contributed by atoms with Gasteiger partial charge >= 0.3 is 0 Å². The molecule has 16 heavy (non-hydrogen) atoms. The molecule has 1 aliphatic heterocycles. The van der Waals surface area contributed by atoms with Gasteiger partial charge in [0.1, 0.15) is 0 Å². The summed E-state index contributed by atoms with van der Waals surface area (Å²) in [7, 11) is 0. The van der Waals surface area contributed by atoms with Crippen molar-refractivity contribution in [2.75, 3.05) is 6.54 Å². The van der Waals surface area contributed by atoms with Gasteiger partial charge in [-0.2, -0.15) is 0 Å². The van der Waals surface area contributed by atoms with Crippen LogP contribution in [0.4, 0.5) is 0 Å². The molecule has 1 aromatic heterocycles. The predicted octanol–water partition coefficient (Wildman–Crippen LogP) is 0.511. The maximum Gasteiger partial charge on any atom is 0.222 e. The second-order valence-corrected chi connectivity index (χ2v) is 4.45. The van der Waals surface area contributed by atoms with Gasteiger partial charge in [0.2, 0.25) is 5.91 Å². The standard InChI is InChI=1S/C11H18N4O/c1-7(2)15-10(16)5-9-11-8(3-4-12-9)13-6-14-11/h6-7,9,12H,3-5H2,1-2H3,(H,13,14)(H,15,16). The lowest BCUT2D eigenvalue weighted by atomic mass is 10.0. The third kappa shape index (κ3) is 2.41. The van der Waals surface area contributed by atoms with Crippen molar-refractivity contribution in [2.45, 2.75) is 38.8 Å². The molecule has 5 heteroatoms. The average molecular weight is 222 g/mol. The molecule has 88 valence electrons. The Morgan fingerprint density at radius 1 is 1.69 bits per heavy atom. The fourth-order valence-electron chi connectivity index (χ4n) is 2.04. The number of carbonyl (C=O) groups excluding carboxylic acids is 1. The number of nitrogens with one attached hydrogen (secondary N) is 3. The summed E-state index contributed by atoms with van der Waals surface area (Å²) in [5.74, 6) is 0.0725. The first-order valence-corrected chi connectivity index (χ1v) is 5.71. The zero-order valence-corrected chi connectivity index (χ0v) is 9.71. The summed E-state index contributed by atoms with van der Waals surface area (Å²) < 4.78 is 0. The van der Waals surface area contributed by atoms with E-state index in [9.17, 15) is 4.79 Å². The van der Waals surface area contributed by atoms with Gasteiger partial charge in [-0.15, -0.1) is 0 Å². The minimum atomic E-state index is 0.0498. The topological polar surface area (TPSA) is 69.8 Å². The molecule has 0 aromatic carbocycles. The van der Waals surface area contributed by atoms with E-state index in [0.29, 0.717) is 6.42 Å². The molecule has 1 atom stereocenters. The smallest absolute Gasteiger partial charge is 0.222 e.